The minimum Gasteiger partial charge on any atom is -0.396 e. The summed E-state index contributed by atoms with van der Waals surface area (Å²) >= 11 is 0. The first kappa shape index (κ1) is 19.6. The van der Waals surface area contributed by atoms with E-state index in [1.807, 2.05) is 42.1 Å². The molecule has 4 rings (SSSR count). The SMILES string of the molecule is Cn1cc(C(=O)N2CCC[C@@](CO)(Cc3ccc(F)cc3F)C2)c2ccccc21. The number of benzene rings is 2. The van der Waals surface area contributed by atoms with Gasteiger partial charge in [-0.2, -0.15) is 0 Å². The van der Waals surface area contributed by atoms with Gasteiger partial charge in [-0.3, -0.25) is 4.79 Å². The molecule has 0 bridgehead atoms. The number of rotatable bonds is 4. The smallest absolute Gasteiger partial charge is 0.256 e. The van der Waals surface area contributed by atoms with Gasteiger partial charge >= 0.3 is 0 Å². The summed E-state index contributed by atoms with van der Waals surface area (Å²) < 4.78 is 29.4. The molecule has 1 saturated heterocycles. The van der Waals surface area contributed by atoms with E-state index >= 15 is 0 Å². The Hall–Kier alpha value is -2.73. The lowest BCUT2D eigenvalue weighted by Gasteiger charge is -2.42. The third-order valence-electron chi connectivity index (χ3n) is 5.99. The fraction of sp³-hybridized carbons (Fsp3) is 0.348. The van der Waals surface area contributed by atoms with Crippen LogP contribution in [0.15, 0.2) is 48.7 Å². The number of likely N-dealkylation sites (tertiary alicyclic amines) is 1. The monoisotopic (exact) mass is 398 g/mol. The summed E-state index contributed by atoms with van der Waals surface area (Å²) in [4.78, 5) is 15.1. The maximum Gasteiger partial charge on any atom is 0.256 e. The average Bonchev–Trinajstić information content (AvgIpc) is 3.07. The zero-order chi connectivity index (χ0) is 20.6. The highest BCUT2D eigenvalue weighted by Crippen LogP contribution is 2.35. The van der Waals surface area contributed by atoms with Crippen molar-refractivity contribution in [2.24, 2.45) is 12.5 Å². The molecule has 1 aromatic heterocycles. The highest BCUT2D eigenvalue weighted by molar-refractivity contribution is 6.07. The summed E-state index contributed by atoms with van der Waals surface area (Å²) in [6, 6.07) is 11.3. The van der Waals surface area contributed by atoms with E-state index in [0.29, 0.717) is 30.6 Å². The second-order valence-electron chi connectivity index (χ2n) is 8.07. The van der Waals surface area contributed by atoms with Crippen LogP contribution in [0.2, 0.25) is 0 Å². The summed E-state index contributed by atoms with van der Waals surface area (Å²) in [5, 5.41) is 11.0. The van der Waals surface area contributed by atoms with Crippen LogP contribution in [-0.2, 0) is 13.5 Å². The Kier molecular flexibility index (Phi) is 5.13. The number of aliphatic hydroxyl groups is 1. The molecule has 29 heavy (non-hydrogen) atoms. The van der Waals surface area contributed by atoms with Crippen molar-refractivity contribution in [1.82, 2.24) is 9.47 Å². The van der Waals surface area contributed by atoms with Gasteiger partial charge in [0, 0.05) is 48.7 Å². The molecule has 6 heteroatoms. The van der Waals surface area contributed by atoms with Crippen LogP contribution in [0, 0.1) is 17.0 Å². The first-order valence-electron chi connectivity index (χ1n) is 9.81. The van der Waals surface area contributed by atoms with Crippen molar-refractivity contribution in [1.29, 1.82) is 0 Å². The van der Waals surface area contributed by atoms with Gasteiger partial charge in [-0.1, -0.05) is 24.3 Å². The van der Waals surface area contributed by atoms with Gasteiger partial charge in [0.15, 0.2) is 0 Å². The van der Waals surface area contributed by atoms with Gasteiger partial charge in [-0.15, -0.1) is 0 Å². The number of para-hydroxylation sites is 1. The van der Waals surface area contributed by atoms with Crippen LogP contribution in [0.1, 0.15) is 28.8 Å². The molecule has 1 aliphatic heterocycles. The number of carbonyl (C=O) groups is 1. The van der Waals surface area contributed by atoms with E-state index in [4.69, 9.17) is 0 Å². The lowest BCUT2D eigenvalue weighted by molar-refractivity contribution is 0.0269. The molecule has 1 N–H and O–H groups in total. The Morgan fingerprint density at radius 3 is 2.76 bits per heavy atom. The van der Waals surface area contributed by atoms with Crippen LogP contribution in [0.25, 0.3) is 10.9 Å². The van der Waals surface area contributed by atoms with Crippen molar-refractivity contribution in [3.63, 3.8) is 0 Å². The molecule has 3 aromatic rings. The summed E-state index contributed by atoms with van der Waals surface area (Å²) in [6.45, 7) is 0.765. The molecule has 0 spiro atoms. The van der Waals surface area contributed by atoms with Crippen molar-refractivity contribution < 1.29 is 18.7 Å². The normalized spacial score (nSPS) is 19.7. The first-order chi connectivity index (χ1) is 13.9. The molecular formula is C23H24F2N2O2. The fourth-order valence-electron chi connectivity index (χ4n) is 4.46. The number of aromatic nitrogens is 1. The maximum atomic E-state index is 14.2. The van der Waals surface area contributed by atoms with Crippen molar-refractivity contribution in [2.75, 3.05) is 19.7 Å². The van der Waals surface area contributed by atoms with Crippen molar-refractivity contribution in [3.8, 4) is 0 Å². The third kappa shape index (κ3) is 3.65. The van der Waals surface area contributed by atoms with Crippen LogP contribution in [0.5, 0.6) is 0 Å². The molecule has 2 aromatic carbocycles. The molecular weight excluding hydrogens is 374 g/mol. The number of aliphatic hydroxyl groups excluding tert-OH is 1. The van der Waals surface area contributed by atoms with Gasteiger partial charge in [-0.05, 0) is 37.0 Å². The second kappa shape index (κ2) is 7.59. The number of carbonyl (C=O) groups excluding carboxylic acids is 1. The molecule has 1 atom stereocenters. The standard InChI is InChI=1S/C23H24F2N2O2/c1-26-13-19(18-5-2-3-6-21(18)26)22(29)27-10-4-9-23(14-27,15-28)12-16-7-8-17(24)11-20(16)25/h2-3,5-8,11,13,28H,4,9-10,12,14-15H2,1H3/t23-/m1/s1. The highest BCUT2D eigenvalue weighted by atomic mass is 19.1. The van der Waals surface area contributed by atoms with E-state index in [-0.39, 0.29) is 18.9 Å². The fourth-order valence-corrected chi connectivity index (χ4v) is 4.46. The molecule has 2 heterocycles. The molecule has 4 nitrogen and oxygen atoms in total. The predicted molar refractivity (Wildman–Crippen MR) is 108 cm³/mol. The quantitative estimate of drug-likeness (QED) is 0.724. The zero-order valence-corrected chi connectivity index (χ0v) is 16.4. The molecule has 0 unspecified atom stereocenters. The Labute approximate surface area is 168 Å². The van der Waals surface area contributed by atoms with E-state index in [2.05, 4.69) is 0 Å². The molecule has 1 amide bonds. The minimum absolute atomic E-state index is 0.0843. The van der Waals surface area contributed by atoms with Crippen molar-refractivity contribution in [2.45, 2.75) is 19.3 Å². The van der Waals surface area contributed by atoms with E-state index < -0.39 is 17.0 Å². The van der Waals surface area contributed by atoms with Crippen LogP contribution in [0.3, 0.4) is 0 Å². The summed E-state index contributed by atoms with van der Waals surface area (Å²) in [5.74, 6) is -1.32. The number of hydrogen-bond donors (Lipinski definition) is 1. The Bertz CT molecular complexity index is 1060. The predicted octanol–water partition coefficient (Wildman–Crippen LogP) is 3.91. The van der Waals surface area contributed by atoms with Crippen molar-refractivity contribution in [3.05, 3.63) is 71.4 Å². The van der Waals surface area contributed by atoms with Crippen LogP contribution in [0.4, 0.5) is 8.78 Å². The molecule has 0 aliphatic carbocycles. The van der Waals surface area contributed by atoms with Crippen molar-refractivity contribution >= 4 is 16.8 Å². The molecule has 152 valence electrons. The van der Waals surface area contributed by atoms with E-state index in [1.54, 1.807) is 4.90 Å². The minimum atomic E-state index is -0.642. The maximum absolute atomic E-state index is 14.2. The number of nitrogens with zero attached hydrogens (tertiary/aromatic N) is 2. The summed E-state index contributed by atoms with van der Waals surface area (Å²) in [6.07, 6.45) is 3.50. The first-order valence-corrected chi connectivity index (χ1v) is 9.81. The number of amides is 1. The largest absolute Gasteiger partial charge is 0.396 e. The number of piperidine rings is 1. The van der Waals surface area contributed by atoms with Gasteiger partial charge in [0.1, 0.15) is 11.6 Å². The van der Waals surface area contributed by atoms with E-state index in [9.17, 15) is 18.7 Å². The van der Waals surface area contributed by atoms with Gasteiger partial charge in [0.2, 0.25) is 0 Å². The van der Waals surface area contributed by atoms with Crippen LogP contribution in [-0.4, -0.2) is 40.2 Å². The number of fused-ring (bicyclic) bond motifs is 1. The van der Waals surface area contributed by atoms with Crippen LogP contribution >= 0.6 is 0 Å². The second-order valence-corrected chi connectivity index (χ2v) is 8.07. The Morgan fingerprint density at radius 2 is 2.00 bits per heavy atom. The molecule has 1 fully saturated rings. The Balaban J connectivity index is 1.61. The van der Waals surface area contributed by atoms with E-state index in [1.165, 1.54) is 12.1 Å². The molecule has 0 radical (unpaired) electrons. The summed E-state index contributed by atoms with van der Waals surface area (Å²) in [7, 11) is 1.91. The lowest BCUT2D eigenvalue weighted by Crippen LogP contribution is -2.49. The van der Waals surface area contributed by atoms with Crippen LogP contribution < -0.4 is 0 Å². The zero-order valence-electron chi connectivity index (χ0n) is 16.4. The van der Waals surface area contributed by atoms with E-state index in [0.717, 1.165) is 23.4 Å². The molecule has 1 aliphatic rings. The number of halogens is 2. The van der Waals surface area contributed by atoms with Gasteiger partial charge in [-0.25, -0.2) is 8.78 Å². The molecule has 0 saturated carbocycles. The lowest BCUT2D eigenvalue weighted by atomic mass is 9.75. The topological polar surface area (TPSA) is 45.5 Å². The number of hydrogen-bond acceptors (Lipinski definition) is 2. The average molecular weight is 398 g/mol. The van der Waals surface area contributed by atoms with Gasteiger partial charge in [0.25, 0.3) is 5.91 Å². The highest BCUT2D eigenvalue weighted by Gasteiger charge is 2.38. The summed E-state index contributed by atoms with van der Waals surface area (Å²) in [5.41, 5.74) is 1.33. The number of aryl methyl sites for hydroxylation is 1. The van der Waals surface area contributed by atoms with Gasteiger partial charge in [0.05, 0.1) is 12.2 Å². The third-order valence-corrected chi connectivity index (χ3v) is 5.99. The Morgan fingerprint density at radius 1 is 1.21 bits per heavy atom. The van der Waals surface area contributed by atoms with Gasteiger partial charge < -0.3 is 14.6 Å².